The summed E-state index contributed by atoms with van der Waals surface area (Å²) in [6.45, 7) is 4.50. The molecule has 1 saturated heterocycles. The lowest BCUT2D eigenvalue weighted by Gasteiger charge is -2.25. The molecular weight excluding hydrogens is 292 g/mol. The number of nitrogens with one attached hydrogen (secondary N) is 1. The predicted octanol–water partition coefficient (Wildman–Crippen LogP) is 3.15. The third-order valence-electron chi connectivity index (χ3n) is 4.08. The van der Waals surface area contributed by atoms with E-state index < -0.39 is 0 Å². The van der Waals surface area contributed by atoms with Crippen molar-refractivity contribution in [3.8, 4) is 0 Å². The molecule has 0 bridgehead atoms. The molecule has 3 rings (SSSR count). The Labute approximate surface area is 136 Å². The van der Waals surface area contributed by atoms with Crippen molar-refractivity contribution in [1.29, 1.82) is 0 Å². The van der Waals surface area contributed by atoms with Gasteiger partial charge in [-0.15, -0.1) is 0 Å². The molecule has 3 heterocycles. The van der Waals surface area contributed by atoms with E-state index in [0.717, 1.165) is 24.6 Å². The summed E-state index contributed by atoms with van der Waals surface area (Å²) in [5.41, 5.74) is 0. The molecular formula is C18H22N2O3. The van der Waals surface area contributed by atoms with Crippen LogP contribution in [0.3, 0.4) is 0 Å². The Hall–Kier alpha value is -2.27. The van der Waals surface area contributed by atoms with Crippen LogP contribution in [0.4, 0.5) is 0 Å². The van der Waals surface area contributed by atoms with Gasteiger partial charge in [0.15, 0.2) is 0 Å². The van der Waals surface area contributed by atoms with E-state index in [9.17, 15) is 4.79 Å². The van der Waals surface area contributed by atoms with E-state index in [2.05, 4.69) is 10.2 Å². The van der Waals surface area contributed by atoms with Crippen LogP contribution in [0.25, 0.3) is 6.08 Å². The van der Waals surface area contributed by atoms with E-state index in [1.807, 2.05) is 31.2 Å². The van der Waals surface area contributed by atoms with Crippen LogP contribution in [0.15, 0.2) is 45.4 Å². The van der Waals surface area contributed by atoms with Crippen LogP contribution in [0, 0.1) is 6.92 Å². The second-order valence-electron chi connectivity index (χ2n) is 5.80. The molecule has 1 amide bonds. The number of hydrogen-bond acceptors (Lipinski definition) is 4. The monoisotopic (exact) mass is 314 g/mol. The summed E-state index contributed by atoms with van der Waals surface area (Å²) >= 11 is 0. The number of carbonyl (C=O) groups excluding carboxylic acids is 1. The summed E-state index contributed by atoms with van der Waals surface area (Å²) in [6, 6.07) is 7.67. The van der Waals surface area contributed by atoms with Gasteiger partial charge in [-0.25, -0.2) is 0 Å². The summed E-state index contributed by atoms with van der Waals surface area (Å²) in [7, 11) is 0. The van der Waals surface area contributed by atoms with Crippen LogP contribution in [0.2, 0.25) is 0 Å². The highest BCUT2D eigenvalue weighted by molar-refractivity contribution is 5.91. The molecule has 0 saturated carbocycles. The molecule has 1 fully saturated rings. The quantitative estimate of drug-likeness (QED) is 0.832. The second-order valence-corrected chi connectivity index (χ2v) is 5.80. The first kappa shape index (κ1) is 15.6. The molecule has 0 radical (unpaired) electrons. The van der Waals surface area contributed by atoms with E-state index in [-0.39, 0.29) is 11.9 Å². The number of nitrogens with zero attached hydrogens (tertiary/aromatic N) is 1. The molecule has 2 aromatic rings. The Kier molecular flexibility index (Phi) is 4.98. The van der Waals surface area contributed by atoms with Crippen molar-refractivity contribution in [2.75, 3.05) is 19.6 Å². The van der Waals surface area contributed by atoms with Crippen LogP contribution in [-0.2, 0) is 4.79 Å². The summed E-state index contributed by atoms with van der Waals surface area (Å²) in [6.07, 6.45) is 7.26. The van der Waals surface area contributed by atoms with Crippen molar-refractivity contribution >= 4 is 12.0 Å². The Morgan fingerprint density at radius 2 is 2.17 bits per heavy atom. The normalized spacial score (nSPS) is 16.9. The average Bonchev–Trinajstić information content (AvgIpc) is 3.28. The lowest BCUT2D eigenvalue weighted by molar-refractivity contribution is -0.116. The maximum absolute atomic E-state index is 12.0. The molecule has 122 valence electrons. The molecule has 0 aromatic carbocycles. The summed E-state index contributed by atoms with van der Waals surface area (Å²) in [5.74, 6) is 2.28. The largest absolute Gasteiger partial charge is 0.468 e. The number of furan rings is 2. The first-order chi connectivity index (χ1) is 11.2. The van der Waals surface area contributed by atoms with Crippen molar-refractivity contribution < 1.29 is 13.6 Å². The van der Waals surface area contributed by atoms with E-state index in [4.69, 9.17) is 8.83 Å². The van der Waals surface area contributed by atoms with E-state index in [1.165, 1.54) is 18.9 Å². The third kappa shape index (κ3) is 4.13. The zero-order chi connectivity index (χ0) is 16.1. The average molecular weight is 314 g/mol. The molecule has 23 heavy (non-hydrogen) atoms. The minimum atomic E-state index is -0.130. The molecule has 1 atom stereocenters. The highest BCUT2D eigenvalue weighted by atomic mass is 16.3. The van der Waals surface area contributed by atoms with E-state index in [1.54, 1.807) is 12.3 Å². The Bertz CT molecular complexity index is 652. The first-order valence-electron chi connectivity index (χ1n) is 8.02. The van der Waals surface area contributed by atoms with Crippen molar-refractivity contribution in [1.82, 2.24) is 10.2 Å². The zero-order valence-electron chi connectivity index (χ0n) is 13.3. The predicted molar refractivity (Wildman–Crippen MR) is 87.7 cm³/mol. The molecule has 1 N–H and O–H groups in total. The van der Waals surface area contributed by atoms with Gasteiger partial charge in [0.05, 0.1) is 12.3 Å². The van der Waals surface area contributed by atoms with Gasteiger partial charge in [0.2, 0.25) is 5.91 Å². The van der Waals surface area contributed by atoms with Crippen LogP contribution < -0.4 is 5.32 Å². The van der Waals surface area contributed by atoms with Gasteiger partial charge >= 0.3 is 0 Å². The van der Waals surface area contributed by atoms with Crippen molar-refractivity contribution in [3.05, 3.63) is 53.9 Å². The minimum absolute atomic E-state index is 0.0932. The Morgan fingerprint density at radius 1 is 1.35 bits per heavy atom. The second kappa shape index (κ2) is 7.33. The molecule has 0 spiro atoms. The highest BCUT2D eigenvalue weighted by Gasteiger charge is 2.25. The van der Waals surface area contributed by atoms with Gasteiger partial charge < -0.3 is 14.2 Å². The van der Waals surface area contributed by atoms with Crippen molar-refractivity contribution in [2.24, 2.45) is 0 Å². The van der Waals surface area contributed by atoms with Crippen molar-refractivity contribution in [3.63, 3.8) is 0 Å². The number of hydrogen-bond donors (Lipinski definition) is 1. The fourth-order valence-corrected chi connectivity index (χ4v) is 2.90. The van der Waals surface area contributed by atoms with Gasteiger partial charge in [-0.2, -0.15) is 0 Å². The smallest absolute Gasteiger partial charge is 0.244 e. The number of aryl methyl sites for hydroxylation is 1. The lowest BCUT2D eigenvalue weighted by Crippen LogP contribution is -2.36. The number of amides is 1. The fraction of sp³-hybridized carbons (Fsp3) is 0.389. The van der Waals surface area contributed by atoms with Gasteiger partial charge in [-0.05, 0) is 63.2 Å². The molecule has 1 aliphatic rings. The maximum Gasteiger partial charge on any atom is 0.244 e. The van der Waals surface area contributed by atoms with Crippen molar-refractivity contribution in [2.45, 2.75) is 25.8 Å². The summed E-state index contributed by atoms with van der Waals surface area (Å²) in [4.78, 5) is 14.4. The topological polar surface area (TPSA) is 58.6 Å². The third-order valence-corrected chi connectivity index (χ3v) is 4.08. The SMILES string of the molecule is Cc1ccc(C=CC(=O)NCC(c2ccco2)N2CCCC2)o1. The minimum Gasteiger partial charge on any atom is -0.468 e. The van der Waals surface area contributed by atoms with Gasteiger partial charge in [0.1, 0.15) is 17.3 Å². The Morgan fingerprint density at radius 3 is 2.83 bits per heavy atom. The number of carbonyl (C=O) groups is 1. The molecule has 5 nitrogen and oxygen atoms in total. The van der Waals surface area contributed by atoms with E-state index >= 15 is 0 Å². The molecule has 5 heteroatoms. The van der Waals surface area contributed by atoms with Gasteiger partial charge in [0.25, 0.3) is 0 Å². The number of likely N-dealkylation sites (tertiary alicyclic amines) is 1. The van der Waals surface area contributed by atoms with E-state index in [0.29, 0.717) is 12.3 Å². The van der Waals surface area contributed by atoms with Gasteiger partial charge in [0, 0.05) is 12.6 Å². The van der Waals surface area contributed by atoms with Crippen LogP contribution >= 0.6 is 0 Å². The molecule has 1 unspecified atom stereocenters. The van der Waals surface area contributed by atoms with Gasteiger partial charge in [-0.3, -0.25) is 9.69 Å². The maximum atomic E-state index is 12.0. The molecule has 2 aromatic heterocycles. The highest BCUT2D eigenvalue weighted by Crippen LogP contribution is 2.24. The lowest BCUT2D eigenvalue weighted by atomic mass is 10.2. The number of rotatable bonds is 6. The van der Waals surface area contributed by atoms with Crippen LogP contribution in [0.1, 0.15) is 36.2 Å². The first-order valence-corrected chi connectivity index (χ1v) is 8.02. The fourth-order valence-electron chi connectivity index (χ4n) is 2.90. The molecule has 0 aliphatic carbocycles. The Balaban J connectivity index is 1.57. The summed E-state index contributed by atoms with van der Waals surface area (Å²) < 4.78 is 11.0. The van der Waals surface area contributed by atoms with Crippen LogP contribution in [-0.4, -0.2) is 30.4 Å². The summed E-state index contributed by atoms with van der Waals surface area (Å²) in [5, 5.41) is 2.96. The van der Waals surface area contributed by atoms with Gasteiger partial charge in [-0.1, -0.05) is 0 Å². The standard InChI is InChI=1S/C18H22N2O3/c1-14-6-7-15(23-14)8-9-18(21)19-13-16(17-5-4-12-22-17)20-10-2-3-11-20/h4-9,12,16H,2-3,10-11,13H2,1H3,(H,19,21). The zero-order valence-corrected chi connectivity index (χ0v) is 13.3. The molecule has 1 aliphatic heterocycles. The van der Waals surface area contributed by atoms with Crippen LogP contribution in [0.5, 0.6) is 0 Å².